The normalized spacial score (nSPS) is 15.8. The Hall–Kier alpha value is -3.30. The molecule has 0 radical (unpaired) electrons. The van der Waals surface area contributed by atoms with Crippen LogP contribution in [-0.2, 0) is 5.92 Å². The van der Waals surface area contributed by atoms with Gasteiger partial charge in [-0.1, -0.05) is 24.3 Å². The van der Waals surface area contributed by atoms with Crippen LogP contribution < -0.4 is 10.1 Å². The van der Waals surface area contributed by atoms with E-state index >= 15 is 0 Å². The maximum absolute atomic E-state index is 13.9. The summed E-state index contributed by atoms with van der Waals surface area (Å²) in [6.07, 6.45) is 4.58. The van der Waals surface area contributed by atoms with Crippen molar-refractivity contribution in [2.24, 2.45) is 0 Å². The minimum Gasteiger partial charge on any atom is -0.495 e. The summed E-state index contributed by atoms with van der Waals surface area (Å²) in [5.41, 5.74) is 3.08. The fourth-order valence-corrected chi connectivity index (χ4v) is 4.23. The third-order valence-electron chi connectivity index (χ3n) is 6.25. The number of aromatic amines is 1. The predicted molar refractivity (Wildman–Crippen MR) is 126 cm³/mol. The van der Waals surface area contributed by atoms with Gasteiger partial charge in [-0.05, 0) is 43.7 Å². The Labute approximate surface area is 196 Å². The smallest absolute Gasteiger partial charge is 0.295 e. The van der Waals surface area contributed by atoms with Gasteiger partial charge in [-0.15, -0.1) is 0 Å². The molecular formula is C25H28F2N4O3. The maximum atomic E-state index is 13.9. The lowest BCUT2D eigenvalue weighted by molar-refractivity contribution is -0.0556. The summed E-state index contributed by atoms with van der Waals surface area (Å²) in [5, 5.41) is 19.6. The van der Waals surface area contributed by atoms with Gasteiger partial charge in [0.05, 0.1) is 35.8 Å². The monoisotopic (exact) mass is 470 g/mol. The van der Waals surface area contributed by atoms with Crippen molar-refractivity contribution in [3.8, 4) is 5.75 Å². The van der Waals surface area contributed by atoms with Crippen LogP contribution in [0.1, 0.15) is 46.4 Å². The van der Waals surface area contributed by atoms with Gasteiger partial charge in [0.15, 0.2) is 0 Å². The first kappa shape index (κ1) is 23.8. The van der Waals surface area contributed by atoms with Gasteiger partial charge in [0.25, 0.3) is 11.8 Å². The molecule has 3 aromatic rings. The van der Waals surface area contributed by atoms with E-state index in [-0.39, 0.29) is 11.5 Å². The van der Waals surface area contributed by atoms with Gasteiger partial charge >= 0.3 is 0 Å². The van der Waals surface area contributed by atoms with Crippen molar-refractivity contribution in [3.05, 3.63) is 64.9 Å². The molecule has 9 heteroatoms. The second-order valence-electron chi connectivity index (χ2n) is 8.59. The number of likely N-dealkylation sites (N-methyl/N-ethyl adjacent to an activating group) is 1. The lowest BCUT2D eigenvalue weighted by atomic mass is 9.94. The van der Waals surface area contributed by atoms with E-state index in [1.165, 1.54) is 18.2 Å². The number of methoxy groups -OCH3 is 1. The highest BCUT2D eigenvalue weighted by atomic mass is 19.3. The molecule has 1 atom stereocenters. The molecule has 0 fully saturated rings. The number of rotatable bonds is 7. The molecule has 7 nitrogen and oxygen atoms in total. The van der Waals surface area contributed by atoms with Gasteiger partial charge in [-0.25, -0.2) is 0 Å². The van der Waals surface area contributed by atoms with Crippen molar-refractivity contribution in [1.29, 1.82) is 0 Å². The molecule has 0 unspecified atom stereocenters. The van der Waals surface area contributed by atoms with Crippen LogP contribution in [0.2, 0.25) is 0 Å². The molecule has 3 N–H and O–H groups in total. The Balaban J connectivity index is 1.68. The third-order valence-corrected chi connectivity index (χ3v) is 6.25. The molecule has 180 valence electrons. The Morgan fingerprint density at radius 3 is 2.85 bits per heavy atom. The standard InChI is InChI=1S/C25H28F2N4O3/c1-15(17-5-4-6-18(11-17)25(26,27)14-32)29-24(33)20-12-19(16-7-9-31(2)10-8-16)23(34-3)21-13-28-30-22(20)21/h4-7,11-13,15,32H,8-10,14H2,1-3H3,(H,28,30)(H,29,33)/t15-/m1/s1. The number of nitrogens with one attached hydrogen (secondary N) is 2. The van der Waals surface area contributed by atoms with Crippen LogP contribution in [0.15, 0.2) is 42.6 Å². The van der Waals surface area contributed by atoms with E-state index in [0.717, 1.165) is 30.6 Å². The van der Waals surface area contributed by atoms with Crippen molar-refractivity contribution in [2.45, 2.75) is 25.3 Å². The van der Waals surface area contributed by atoms with Crippen molar-refractivity contribution < 1.29 is 23.4 Å². The minimum atomic E-state index is -3.35. The summed E-state index contributed by atoms with van der Waals surface area (Å²) in [5.74, 6) is -3.06. The van der Waals surface area contributed by atoms with E-state index in [2.05, 4.69) is 33.5 Å². The summed E-state index contributed by atoms with van der Waals surface area (Å²) in [7, 11) is 3.65. The number of carbonyl (C=O) groups excluding carboxylic acids is 1. The molecule has 1 aliphatic rings. The van der Waals surface area contributed by atoms with Crippen molar-refractivity contribution >= 4 is 22.4 Å². The maximum Gasteiger partial charge on any atom is 0.295 e. The Morgan fingerprint density at radius 2 is 2.18 bits per heavy atom. The van der Waals surface area contributed by atoms with Crippen molar-refractivity contribution in [1.82, 2.24) is 20.4 Å². The average Bonchev–Trinajstić information content (AvgIpc) is 3.33. The molecule has 2 aromatic carbocycles. The van der Waals surface area contributed by atoms with E-state index in [1.54, 1.807) is 32.4 Å². The summed E-state index contributed by atoms with van der Waals surface area (Å²) < 4.78 is 33.6. The number of H-pyrrole nitrogens is 1. The fraction of sp³-hybridized carbons (Fsp3) is 0.360. The number of nitrogens with zero attached hydrogens (tertiary/aromatic N) is 2. The molecule has 1 amide bonds. The molecule has 1 aliphatic heterocycles. The first-order valence-electron chi connectivity index (χ1n) is 11.1. The number of halogens is 2. The highest BCUT2D eigenvalue weighted by Gasteiger charge is 2.31. The Morgan fingerprint density at radius 1 is 1.38 bits per heavy atom. The summed E-state index contributed by atoms with van der Waals surface area (Å²) in [6.45, 7) is 2.14. The molecule has 34 heavy (non-hydrogen) atoms. The highest BCUT2D eigenvalue weighted by Crippen LogP contribution is 2.38. The number of ether oxygens (including phenoxy) is 1. The summed E-state index contributed by atoms with van der Waals surface area (Å²) in [4.78, 5) is 15.6. The SMILES string of the molecule is COc1c(C2=CCN(C)CC2)cc(C(=O)N[C@H](C)c2cccc(C(F)(F)CO)c2)c2[nH]ncc12. The lowest BCUT2D eigenvalue weighted by Gasteiger charge is -2.24. The van der Waals surface area contributed by atoms with E-state index in [0.29, 0.717) is 27.8 Å². The highest BCUT2D eigenvalue weighted by molar-refractivity contribution is 6.09. The molecule has 0 aliphatic carbocycles. The number of benzene rings is 2. The predicted octanol–water partition coefficient (Wildman–Crippen LogP) is 3.87. The molecule has 0 saturated carbocycles. The van der Waals surface area contributed by atoms with Crippen LogP contribution in [0.3, 0.4) is 0 Å². The van der Waals surface area contributed by atoms with Gasteiger partial charge in [-0.2, -0.15) is 13.9 Å². The number of aromatic nitrogens is 2. The molecule has 4 rings (SSSR count). The van der Waals surface area contributed by atoms with E-state index in [1.807, 2.05) is 0 Å². The third kappa shape index (κ3) is 4.53. The molecular weight excluding hydrogens is 442 g/mol. The number of fused-ring (bicyclic) bond motifs is 1. The van der Waals surface area contributed by atoms with E-state index in [4.69, 9.17) is 9.84 Å². The zero-order chi connectivity index (χ0) is 24.5. The van der Waals surface area contributed by atoms with Crippen LogP contribution in [-0.4, -0.2) is 60.0 Å². The van der Waals surface area contributed by atoms with Crippen LogP contribution in [0.25, 0.3) is 16.5 Å². The number of aliphatic hydroxyl groups is 1. The van der Waals surface area contributed by atoms with Crippen molar-refractivity contribution in [2.75, 3.05) is 33.9 Å². The Bertz CT molecular complexity index is 1240. The number of hydrogen-bond acceptors (Lipinski definition) is 5. The molecule has 1 aromatic heterocycles. The van der Waals surface area contributed by atoms with Crippen LogP contribution >= 0.6 is 0 Å². The molecule has 2 heterocycles. The quantitative estimate of drug-likeness (QED) is 0.488. The molecule has 0 spiro atoms. The van der Waals surface area contributed by atoms with Gasteiger partial charge in [-0.3, -0.25) is 9.89 Å². The number of hydrogen-bond donors (Lipinski definition) is 3. The molecule has 0 saturated heterocycles. The van der Waals surface area contributed by atoms with Gasteiger partial charge in [0.1, 0.15) is 12.4 Å². The zero-order valence-corrected chi connectivity index (χ0v) is 19.4. The second-order valence-corrected chi connectivity index (χ2v) is 8.59. The van der Waals surface area contributed by atoms with Crippen molar-refractivity contribution in [3.63, 3.8) is 0 Å². The number of aliphatic hydroxyl groups excluding tert-OH is 1. The topological polar surface area (TPSA) is 90.5 Å². The van der Waals surface area contributed by atoms with E-state index < -0.39 is 18.6 Å². The van der Waals surface area contributed by atoms with Gasteiger partial charge < -0.3 is 20.1 Å². The first-order chi connectivity index (χ1) is 16.2. The number of carbonyl (C=O) groups is 1. The van der Waals surface area contributed by atoms with E-state index in [9.17, 15) is 13.6 Å². The summed E-state index contributed by atoms with van der Waals surface area (Å²) in [6, 6.07) is 6.96. The van der Waals surface area contributed by atoms with Crippen LogP contribution in [0.5, 0.6) is 5.75 Å². The van der Waals surface area contributed by atoms with Gasteiger partial charge in [0.2, 0.25) is 0 Å². The number of amides is 1. The van der Waals surface area contributed by atoms with Crippen LogP contribution in [0.4, 0.5) is 8.78 Å². The minimum absolute atomic E-state index is 0.300. The fourth-order valence-electron chi connectivity index (χ4n) is 4.23. The average molecular weight is 471 g/mol. The zero-order valence-electron chi connectivity index (χ0n) is 19.4. The first-order valence-corrected chi connectivity index (χ1v) is 11.1. The number of alkyl halides is 2. The molecule has 0 bridgehead atoms. The second kappa shape index (κ2) is 9.52. The lowest BCUT2D eigenvalue weighted by Crippen LogP contribution is -2.28. The van der Waals surface area contributed by atoms with Gasteiger partial charge in [0, 0.05) is 24.2 Å². The Kier molecular flexibility index (Phi) is 6.67. The summed E-state index contributed by atoms with van der Waals surface area (Å²) >= 11 is 0. The largest absolute Gasteiger partial charge is 0.495 e. The van der Waals surface area contributed by atoms with Crippen LogP contribution in [0, 0.1) is 0 Å².